The average Bonchev–Trinajstić information content (AvgIpc) is 2.56. The molecular formula is C20H32Cl2FN3O. The number of nitrogens with zero attached hydrogens (tertiary/aromatic N) is 1. The molecule has 0 spiro atoms. The van der Waals surface area contributed by atoms with E-state index in [0.29, 0.717) is 24.4 Å². The van der Waals surface area contributed by atoms with E-state index < -0.39 is 0 Å². The summed E-state index contributed by atoms with van der Waals surface area (Å²) in [5.41, 5.74) is 7.38. The van der Waals surface area contributed by atoms with Crippen LogP contribution in [0.5, 0.6) is 0 Å². The molecule has 3 N–H and O–H groups in total. The maximum atomic E-state index is 12.9. The second-order valence-corrected chi connectivity index (χ2v) is 7.85. The Morgan fingerprint density at radius 1 is 1.19 bits per heavy atom. The lowest BCUT2D eigenvalue weighted by molar-refractivity contribution is -0.127. The molecule has 1 amide bonds. The fourth-order valence-corrected chi connectivity index (χ4v) is 4.50. The number of benzene rings is 1. The standard InChI is InChI=1S/C20H30FN3O.2ClH/c1-24(13-14-5-7-18(21)8-6-14)10-9-23-20(25)17-11-15-3-2-4-16(12-17)19(15)22;;/h5-8,15-17,19H,2-4,9-13,22H2,1H3,(H,23,25);2*1H. The number of hydrogen-bond acceptors (Lipinski definition) is 3. The summed E-state index contributed by atoms with van der Waals surface area (Å²) in [6.07, 6.45) is 5.54. The number of fused-ring (bicyclic) bond motifs is 2. The fourth-order valence-electron chi connectivity index (χ4n) is 4.50. The van der Waals surface area contributed by atoms with Gasteiger partial charge in [-0.3, -0.25) is 4.79 Å². The minimum absolute atomic E-state index is 0. The van der Waals surface area contributed by atoms with Gasteiger partial charge in [-0.25, -0.2) is 4.39 Å². The summed E-state index contributed by atoms with van der Waals surface area (Å²) < 4.78 is 12.9. The van der Waals surface area contributed by atoms with E-state index in [1.807, 2.05) is 7.05 Å². The van der Waals surface area contributed by atoms with Crippen molar-refractivity contribution in [2.75, 3.05) is 20.1 Å². The van der Waals surface area contributed by atoms with Gasteiger partial charge in [0.2, 0.25) is 5.91 Å². The Labute approximate surface area is 174 Å². The highest BCUT2D eigenvalue weighted by Gasteiger charge is 2.40. The van der Waals surface area contributed by atoms with Crippen LogP contribution >= 0.6 is 24.8 Å². The van der Waals surface area contributed by atoms with Gasteiger partial charge in [0.15, 0.2) is 0 Å². The topological polar surface area (TPSA) is 58.4 Å². The number of amides is 1. The Bertz CT molecular complexity index is 573. The number of halogens is 3. The Hall–Kier alpha value is -0.880. The maximum absolute atomic E-state index is 12.9. The zero-order valence-corrected chi connectivity index (χ0v) is 17.5. The first-order chi connectivity index (χ1) is 12.0. The van der Waals surface area contributed by atoms with Gasteiger partial charge in [0.05, 0.1) is 0 Å². The summed E-state index contributed by atoms with van der Waals surface area (Å²) in [6.45, 7) is 2.18. The molecule has 0 heterocycles. The van der Waals surface area contributed by atoms with Crippen molar-refractivity contribution in [2.24, 2.45) is 23.5 Å². The van der Waals surface area contributed by atoms with Gasteiger partial charge in [0.25, 0.3) is 0 Å². The lowest BCUT2D eigenvalue weighted by Gasteiger charge is -2.43. The first-order valence-electron chi connectivity index (χ1n) is 9.49. The third kappa shape index (κ3) is 6.60. The van der Waals surface area contributed by atoms with Crippen LogP contribution in [-0.4, -0.2) is 37.0 Å². The van der Waals surface area contributed by atoms with E-state index in [0.717, 1.165) is 31.5 Å². The lowest BCUT2D eigenvalue weighted by Crippen LogP contribution is -2.49. The van der Waals surface area contributed by atoms with Gasteiger partial charge in [0.1, 0.15) is 5.82 Å². The number of rotatable bonds is 6. The molecule has 2 saturated carbocycles. The van der Waals surface area contributed by atoms with Crippen molar-refractivity contribution in [3.63, 3.8) is 0 Å². The van der Waals surface area contributed by atoms with Crippen molar-refractivity contribution < 1.29 is 9.18 Å². The second kappa shape index (κ2) is 11.2. The number of nitrogens with two attached hydrogens (primary N) is 1. The molecule has 0 aliphatic heterocycles. The first-order valence-corrected chi connectivity index (χ1v) is 9.49. The molecule has 2 unspecified atom stereocenters. The molecule has 154 valence electrons. The molecule has 2 aliphatic rings. The summed E-state index contributed by atoms with van der Waals surface area (Å²) in [7, 11) is 2.01. The molecule has 2 fully saturated rings. The Balaban J connectivity index is 0.00000182. The highest BCUT2D eigenvalue weighted by atomic mass is 35.5. The zero-order chi connectivity index (χ0) is 17.8. The normalized spacial score (nSPS) is 26.7. The van der Waals surface area contributed by atoms with E-state index >= 15 is 0 Å². The van der Waals surface area contributed by atoms with Gasteiger partial charge >= 0.3 is 0 Å². The number of likely N-dealkylation sites (N-methyl/N-ethyl adjacent to an activating group) is 1. The van der Waals surface area contributed by atoms with E-state index in [-0.39, 0.29) is 42.5 Å². The van der Waals surface area contributed by atoms with Crippen LogP contribution in [0, 0.1) is 23.6 Å². The molecule has 2 bridgehead atoms. The van der Waals surface area contributed by atoms with Crippen molar-refractivity contribution in [3.05, 3.63) is 35.6 Å². The van der Waals surface area contributed by atoms with E-state index in [9.17, 15) is 9.18 Å². The van der Waals surface area contributed by atoms with Crippen molar-refractivity contribution in [1.29, 1.82) is 0 Å². The summed E-state index contributed by atoms with van der Waals surface area (Å²) in [6, 6.07) is 6.87. The highest BCUT2D eigenvalue weighted by molar-refractivity contribution is 5.85. The number of carbonyl (C=O) groups excluding carboxylic acids is 1. The molecule has 3 rings (SSSR count). The van der Waals surface area contributed by atoms with Crippen molar-refractivity contribution in [3.8, 4) is 0 Å². The molecule has 2 atom stereocenters. The molecule has 27 heavy (non-hydrogen) atoms. The summed E-state index contributed by atoms with van der Waals surface area (Å²) >= 11 is 0. The van der Waals surface area contributed by atoms with Crippen molar-refractivity contribution in [2.45, 2.75) is 44.7 Å². The fraction of sp³-hybridized carbons (Fsp3) is 0.650. The molecule has 0 saturated heterocycles. The minimum Gasteiger partial charge on any atom is -0.355 e. The molecule has 0 radical (unpaired) electrons. The van der Waals surface area contributed by atoms with Crippen LogP contribution in [0.2, 0.25) is 0 Å². The first kappa shape index (κ1) is 24.2. The van der Waals surface area contributed by atoms with Gasteiger partial charge in [0, 0.05) is 31.6 Å². The van der Waals surface area contributed by atoms with E-state index in [2.05, 4.69) is 10.2 Å². The molecular weight excluding hydrogens is 388 g/mol. The SMILES string of the molecule is CN(CCNC(=O)C1CC2CCCC(C1)C2N)Cc1ccc(F)cc1.Cl.Cl. The van der Waals surface area contributed by atoms with Crippen LogP contribution in [0.15, 0.2) is 24.3 Å². The molecule has 1 aromatic rings. The number of carbonyl (C=O) groups is 1. The van der Waals surface area contributed by atoms with Gasteiger partial charge in [-0.2, -0.15) is 0 Å². The van der Waals surface area contributed by atoms with Gasteiger partial charge in [-0.05, 0) is 62.3 Å². The smallest absolute Gasteiger partial charge is 0.223 e. The van der Waals surface area contributed by atoms with Crippen LogP contribution in [-0.2, 0) is 11.3 Å². The monoisotopic (exact) mass is 419 g/mol. The Morgan fingerprint density at radius 3 is 2.37 bits per heavy atom. The second-order valence-electron chi connectivity index (χ2n) is 7.85. The Kier molecular flexibility index (Phi) is 10.0. The van der Waals surface area contributed by atoms with Crippen molar-refractivity contribution >= 4 is 30.7 Å². The molecule has 4 nitrogen and oxygen atoms in total. The maximum Gasteiger partial charge on any atom is 0.223 e. The van der Waals surface area contributed by atoms with Gasteiger partial charge in [-0.1, -0.05) is 18.6 Å². The third-order valence-electron chi connectivity index (χ3n) is 5.94. The van der Waals surface area contributed by atoms with E-state index in [1.165, 1.54) is 31.4 Å². The average molecular weight is 420 g/mol. The summed E-state index contributed by atoms with van der Waals surface area (Å²) in [5, 5.41) is 3.10. The summed E-state index contributed by atoms with van der Waals surface area (Å²) in [5.74, 6) is 1.18. The molecule has 1 aromatic carbocycles. The van der Waals surface area contributed by atoms with Gasteiger partial charge in [-0.15, -0.1) is 24.8 Å². The van der Waals surface area contributed by atoms with E-state index in [1.54, 1.807) is 12.1 Å². The van der Waals surface area contributed by atoms with Crippen LogP contribution in [0.1, 0.15) is 37.7 Å². The lowest BCUT2D eigenvalue weighted by atomic mass is 9.65. The molecule has 0 aromatic heterocycles. The van der Waals surface area contributed by atoms with Crippen LogP contribution in [0.3, 0.4) is 0 Å². The van der Waals surface area contributed by atoms with Gasteiger partial charge < -0.3 is 16.0 Å². The largest absolute Gasteiger partial charge is 0.355 e. The minimum atomic E-state index is -0.212. The molecule has 2 aliphatic carbocycles. The van der Waals surface area contributed by atoms with Crippen LogP contribution in [0.4, 0.5) is 4.39 Å². The quantitative estimate of drug-likeness (QED) is 0.742. The van der Waals surface area contributed by atoms with Crippen molar-refractivity contribution in [1.82, 2.24) is 10.2 Å². The highest BCUT2D eigenvalue weighted by Crippen LogP contribution is 2.41. The molecule has 7 heteroatoms. The third-order valence-corrected chi connectivity index (χ3v) is 5.94. The van der Waals surface area contributed by atoms with Crippen LogP contribution < -0.4 is 11.1 Å². The predicted octanol–water partition coefficient (Wildman–Crippen LogP) is 3.37. The summed E-state index contributed by atoms with van der Waals surface area (Å²) in [4.78, 5) is 14.6. The number of hydrogen-bond donors (Lipinski definition) is 2. The zero-order valence-electron chi connectivity index (χ0n) is 15.9. The Morgan fingerprint density at radius 2 is 1.78 bits per heavy atom. The van der Waals surface area contributed by atoms with E-state index in [4.69, 9.17) is 5.73 Å². The number of nitrogens with one attached hydrogen (secondary N) is 1. The predicted molar refractivity (Wildman–Crippen MR) is 112 cm³/mol. The van der Waals surface area contributed by atoms with Crippen LogP contribution in [0.25, 0.3) is 0 Å².